The van der Waals surface area contributed by atoms with Crippen molar-refractivity contribution in [3.05, 3.63) is 250 Å². The zero-order valence-electron chi connectivity index (χ0n) is 49.4. The maximum Gasteiger partial charge on any atom is 0.0374 e. The summed E-state index contributed by atoms with van der Waals surface area (Å²) in [6.07, 6.45) is 3.70. The van der Waals surface area contributed by atoms with E-state index in [4.69, 9.17) is 13.8 Å². The summed E-state index contributed by atoms with van der Waals surface area (Å²) in [6.45, 7) is 13.8. The number of hydrogen-bond donors (Lipinski definition) is 0. The zero-order chi connectivity index (χ0) is 57.5. The molecule has 5 nitrogen and oxygen atoms in total. The molecule has 13 rings (SSSR count). The molecule has 6 heteroatoms. The van der Waals surface area contributed by atoms with Gasteiger partial charge in [0.1, 0.15) is 0 Å². The van der Waals surface area contributed by atoms with E-state index < -0.39 is 6.85 Å². The SMILES string of the molecule is [2H]C([2H])([2H])c1cc(-n2c3ccc(-c4ccccc4)cc3c3ccc(Oc4ccc5c(c4)C(n4[c](=[Pt])n(-c6c(-c7ccccc7)cccc6-c6cc(C(C)(C)C)cc(C(C)(C)C)c6)c6ccccc64)CCC5C)cc32)ncc1-c1ccccc1. The van der Waals surface area contributed by atoms with E-state index in [0.29, 0.717) is 23.0 Å². The van der Waals surface area contributed by atoms with Gasteiger partial charge < -0.3 is 0 Å². The molecule has 12 aromatic rings. The van der Waals surface area contributed by atoms with Crippen LogP contribution in [0.5, 0.6) is 11.5 Å². The molecule has 398 valence electrons. The molecular formula is C74H66N4OPt. The van der Waals surface area contributed by atoms with Crippen LogP contribution in [0.2, 0.25) is 0 Å². The van der Waals surface area contributed by atoms with Crippen LogP contribution in [0, 0.1) is 10.7 Å². The normalized spacial score (nSPS) is 15.4. The molecule has 1 aliphatic rings. The predicted molar refractivity (Wildman–Crippen MR) is 329 cm³/mol. The van der Waals surface area contributed by atoms with Gasteiger partial charge in [-0.25, -0.2) is 4.98 Å². The predicted octanol–water partition coefficient (Wildman–Crippen LogP) is 19.9. The minimum atomic E-state index is -2.39. The van der Waals surface area contributed by atoms with E-state index in [-0.39, 0.29) is 22.4 Å². The second-order valence-corrected chi connectivity index (χ2v) is 24.8. The summed E-state index contributed by atoms with van der Waals surface area (Å²) in [5.74, 6) is 2.28. The van der Waals surface area contributed by atoms with Gasteiger partial charge in [-0.15, -0.1) is 0 Å². The second kappa shape index (κ2) is 20.2. The molecule has 0 fully saturated rings. The van der Waals surface area contributed by atoms with E-state index in [1.165, 1.54) is 50.0 Å². The Morgan fingerprint density at radius 1 is 0.487 bits per heavy atom. The van der Waals surface area contributed by atoms with Crippen LogP contribution in [0.1, 0.15) is 105 Å². The number of aryl methyl sites for hydroxylation is 1. The first-order valence-corrected chi connectivity index (χ1v) is 29.1. The zero-order valence-corrected chi connectivity index (χ0v) is 48.6. The first kappa shape index (κ1) is 47.9. The van der Waals surface area contributed by atoms with Crippen molar-refractivity contribution in [2.75, 3.05) is 0 Å². The van der Waals surface area contributed by atoms with Crippen LogP contribution in [-0.4, -0.2) is 18.7 Å². The smallest absolute Gasteiger partial charge is 0.0374 e. The number of pyridine rings is 1. The van der Waals surface area contributed by atoms with Crippen molar-refractivity contribution in [3.8, 4) is 67.5 Å². The van der Waals surface area contributed by atoms with E-state index >= 15 is 0 Å². The molecule has 0 bridgehead atoms. The summed E-state index contributed by atoms with van der Waals surface area (Å²) in [4.78, 5) is 5.04. The maximum absolute atomic E-state index is 8.74. The number of benzene rings is 9. The minimum Gasteiger partial charge on any atom is -0.238 e. The van der Waals surface area contributed by atoms with Crippen molar-refractivity contribution in [2.24, 2.45) is 0 Å². The number of rotatable bonds is 9. The van der Waals surface area contributed by atoms with Crippen molar-refractivity contribution in [2.45, 2.75) is 90.9 Å². The van der Waals surface area contributed by atoms with Crippen LogP contribution in [0.25, 0.3) is 88.9 Å². The van der Waals surface area contributed by atoms with Crippen LogP contribution in [-0.2, 0) is 30.2 Å². The summed E-state index contributed by atoms with van der Waals surface area (Å²) in [5, 5.41) is 2.03. The van der Waals surface area contributed by atoms with Crippen molar-refractivity contribution in [1.29, 1.82) is 0 Å². The number of aromatic nitrogens is 4. The number of hydrogen-bond acceptors (Lipinski definition) is 2. The summed E-state index contributed by atoms with van der Waals surface area (Å²) in [6, 6.07) is 75.0. The van der Waals surface area contributed by atoms with Crippen LogP contribution < -0.4 is 4.74 Å². The van der Waals surface area contributed by atoms with Gasteiger partial charge in [-0.2, -0.15) is 0 Å². The van der Waals surface area contributed by atoms with Gasteiger partial charge in [-0.05, 0) is 47.3 Å². The fraction of sp³-hybridized carbons (Fsp3) is 0.189. The molecule has 0 radical (unpaired) electrons. The summed E-state index contributed by atoms with van der Waals surface area (Å²) < 4.78 is 41.6. The molecular weight excluding hydrogens is 1160 g/mol. The van der Waals surface area contributed by atoms with Crippen LogP contribution >= 0.6 is 0 Å². The minimum absolute atomic E-state index is 0.00798. The molecule has 0 amide bonds. The van der Waals surface area contributed by atoms with Crippen LogP contribution in [0.3, 0.4) is 0 Å². The number of para-hydroxylation sites is 3. The van der Waals surface area contributed by atoms with Crippen LogP contribution in [0.4, 0.5) is 0 Å². The molecule has 3 aromatic heterocycles. The van der Waals surface area contributed by atoms with E-state index in [9.17, 15) is 0 Å². The van der Waals surface area contributed by atoms with Gasteiger partial charge in [-0.3, -0.25) is 0 Å². The summed E-state index contributed by atoms with van der Waals surface area (Å²) in [5.41, 5.74) is 18.9. The van der Waals surface area contributed by atoms with Crippen molar-refractivity contribution in [1.82, 2.24) is 18.7 Å². The monoisotopic (exact) mass is 1220 g/mol. The number of imidazole rings is 1. The second-order valence-electron chi connectivity index (χ2n) is 23.8. The molecule has 2 unspecified atom stereocenters. The van der Waals surface area contributed by atoms with Gasteiger partial charge in [0.25, 0.3) is 0 Å². The van der Waals surface area contributed by atoms with E-state index in [2.05, 4.69) is 251 Å². The molecule has 1 aliphatic carbocycles. The number of ether oxygens (including phenoxy) is 1. The van der Waals surface area contributed by atoms with Crippen molar-refractivity contribution < 1.29 is 28.2 Å². The standard InChI is InChI=1S/C74H66N4O.Pt/c1-48-31-37-66(76-47-77(69-30-19-18-29-68(69)76)72-60(51-23-14-10-15-24-51)27-20-28-61(72)54-40-55(73(3,4)5)43-56(41-54)74(6,7)8)64-44-57(33-35-59(48)64)79-58-34-36-62-63-42-53(50-21-12-9-13-22-50)32-38-67(63)78(70(62)45-58)71-39-49(2)65(46-75-71)52-25-16-11-17-26-52;/h9-30,32-36,38-46,48,66H,31,37H2,1-8H3;/i2D3;. The summed E-state index contributed by atoms with van der Waals surface area (Å²) >= 11 is 2.61. The Kier molecular flexibility index (Phi) is 12.1. The molecule has 0 aliphatic heterocycles. The Hall–Kier alpha value is -8.11. The quantitative estimate of drug-likeness (QED) is 0.144. The first-order chi connectivity index (χ1) is 39.9. The molecule has 80 heavy (non-hydrogen) atoms. The first-order valence-electron chi connectivity index (χ1n) is 29.4. The van der Waals surface area contributed by atoms with Gasteiger partial charge >= 0.3 is 353 Å². The van der Waals surface area contributed by atoms with Gasteiger partial charge in [0.2, 0.25) is 0 Å². The molecule has 3 heterocycles. The van der Waals surface area contributed by atoms with Gasteiger partial charge in [0.15, 0.2) is 0 Å². The molecule has 0 N–H and O–H groups in total. The Balaban J connectivity index is 0.956. The fourth-order valence-corrected chi connectivity index (χ4v) is 13.3. The van der Waals surface area contributed by atoms with Gasteiger partial charge in [0, 0.05) is 15.9 Å². The fourth-order valence-electron chi connectivity index (χ4n) is 12.2. The third-order valence-corrected chi connectivity index (χ3v) is 17.5. The third-order valence-electron chi connectivity index (χ3n) is 16.5. The Labute approximate surface area is 485 Å². The average Bonchev–Trinajstić information content (AvgIpc) is 2.01. The molecule has 9 aromatic carbocycles. The number of nitrogens with zero attached hydrogens (tertiary/aromatic N) is 4. The molecule has 0 spiro atoms. The summed E-state index contributed by atoms with van der Waals surface area (Å²) in [7, 11) is 0. The maximum atomic E-state index is 8.74. The van der Waals surface area contributed by atoms with E-state index in [0.717, 1.165) is 72.1 Å². The third kappa shape index (κ3) is 9.20. The van der Waals surface area contributed by atoms with Crippen molar-refractivity contribution >= 4 is 32.8 Å². The molecule has 0 saturated carbocycles. The number of fused-ring (bicyclic) bond motifs is 5. The molecule has 2 atom stereocenters. The Morgan fingerprint density at radius 3 is 1.77 bits per heavy atom. The topological polar surface area (TPSA) is 36.9 Å². The largest absolute Gasteiger partial charge is 0.238 e. The van der Waals surface area contributed by atoms with Gasteiger partial charge in [-0.1, -0.05) is 66.7 Å². The molecule has 0 saturated heterocycles. The Bertz CT molecular complexity index is 4490. The van der Waals surface area contributed by atoms with E-state index in [1.54, 1.807) is 12.3 Å². The van der Waals surface area contributed by atoms with Crippen LogP contribution in [0.15, 0.2) is 219 Å². The average molecular weight is 1230 g/mol. The van der Waals surface area contributed by atoms with E-state index in [1.807, 2.05) is 36.4 Å². The Morgan fingerprint density at radius 2 is 1.10 bits per heavy atom. The van der Waals surface area contributed by atoms with Crippen molar-refractivity contribution in [3.63, 3.8) is 0 Å². The van der Waals surface area contributed by atoms with Gasteiger partial charge in [0.05, 0.1) is 0 Å².